The number of aromatic nitrogens is 2. The summed E-state index contributed by atoms with van der Waals surface area (Å²) in [5, 5.41) is 11.3. The largest absolute Gasteiger partial charge is 0.390 e. The van der Waals surface area contributed by atoms with Gasteiger partial charge in [-0.3, -0.25) is 4.90 Å². The first-order valence-corrected chi connectivity index (χ1v) is 8.07. The third-order valence-electron chi connectivity index (χ3n) is 5.10. The van der Waals surface area contributed by atoms with Crippen LogP contribution in [0.3, 0.4) is 0 Å². The molecule has 0 saturated carbocycles. The summed E-state index contributed by atoms with van der Waals surface area (Å²) in [6, 6.07) is 0.357. The quantitative estimate of drug-likeness (QED) is 0.925. The van der Waals surface area contributed by atoms with Crippen molar-refractivity contribution in [2.24, 2.45) is 13.0 Å². The van der Waals surface area contributed by atoms with Crippen molar-refractivity contribution in [1.29, 1.82) is 0 Å². The van der Waals surface area contributed by atoms with E-state index in [-0.39, 0.29) is 5.92 Å². The lowest BCUT2D eigenvalue weighted by atomic mass is 9.79. The van der Waals surface area contributed by atoms with Gasteiger partial charge in [0.05, 0.1) is 24.9 Å². The zero-order chi connectivity index (χ0) is 15.0. The molecule has 0 aliphatic carbocycles. The fourth-order valence-corrected chi connectivity index (χ4v) is 3.78. The molecular weight excluding hydrogens is 290 g/mol. The highest BCUT2D eigenvalue weighted by atomic mass is 35.5. The Hall–Kier alpha value is -0.620. The average molecular weight is 314 g/mol. The summed E-state index contributed by atoms with van der Waals surface area (Å²) in [5.74, 6) is 1.15. The Morgan fingerprint density at radius 3 is 3.05 bits per heavy atom. The molecule has 2 fully saturated rings. The van der Waals surface area contributed by atoms with Gasteiger partial charge < -0.3 is 14.4 Å². The number of hydrogen-bond acceptors (Lipinski definition) is 4. The minimum absolute atomic E-state index is 0.171. The Morgan fingerprint density at radius 1 is 1.57 bits per heavy atom. The van der Waals surface area contributed by atoms with E-state index in [0.717, 1.165) is 38.2 Å². The van der Waals surface area contributed by atoms with E-state index in [1.165, 1.54) is 0 Å². The minimum Gasteiger partial charge on any atom is -0.390 e. The first-order chi connectivity index (χ1) is 9.99. The molecule has 2 aliphatic heterocycles. The lowest BCUT2D eigenvalue weighted by molar-refractivity contribution is -0.123. The summed E-state index contributed by atoms with van der Waals surface area (Å²) in [6.07, 6.45) is 4.69. The summed E-state index contributed by atoms with van der Waals surface area (Å²) in [5.41, 5.74) is -0.634. The van der Waals surface area contributed by atoms with Gasteiger partial charge in [0.2, 0.25) is 0 Å². The highest BCUT2D eigenvalue weighted by molar-refractivity contribution is 6.29. The van der Waals surface area contributed by atoms with Crippen molar-refractivity contribution in [3.63, 3.8) is 0 Å². The lowest BCUT2D eigenvalue weighted by Gasteiger charge is -2.43. The third-order valence-corrected chi connectivity index (χ3v) is 5.45. The Kier molecular flexibility index (Phi) is 4.28. The Balaban J connectivity index is 1.74. The highest BCUT2D eigenvalue weighted by Gasteiger charge is 2.44. The van der Waals surface area contributed by atoms with Crippen molar-refractivity contribution in [2.75, 3.05) is 19.8 Å². The molecule has 1 N–H and O–H groups in total. The molecule has 0 aromatic carbocycles. The molecule has 1 aromatic rings. The van der Waals surface area contributed by atoms with E-state index in [9.17, 15) is 5.11 Å². The molecule has 3 heterocycles. The lowest BCUT2D eigenvalue weighted by Crippen LogP contribution is -2.52. The molecular formula is C15H24ClN3O2. The topological polar surface area (TPSA) is 50.5 Å². The molecule has 2 saturated heterocycles. The molecule has 3 rings (SSSR count). The second kappa shape index (κ2) is 5.88. The van der Waals surface area contributed by atoms with Crippen LogP contribution in [-0.4, -0.2) is 51.0 Å². The average Bonchev–Trinajstić information content (AvgIpc) is 3.01. The summed E-state index contributed by atoms with van der Waals surface area (Å²) in [7, 11) is 1.94. The fourth-order valence-electron chi connectivity index (χ4n) is 3.64. The maximum atomic E-state index is 10.7. The predicted molar refractivity (Wildman–Crippen MR) is 81.2 cm³/mol. The second-order valence-electron chi connectivity index (χ2n) is 6.52. The van der Waals surface area contributed by atoms with E-state index in [2.05, 4.69) is 9.88 Å². The van der Waals surface area contributed by atoms with E-state index >= 15 is 0 Å². The smallest absolute Gasteiger partial charge is 0.128 e. The fraction of sp³-hybridized carbons (Fsp3) is 0.800. The molecule has 0 bridgehead atoms. The van der Waals surface area contributed by atoms with Gasteiger partial charge in [-0.25, -0.2) is 4.98 Å². The van der Waals surface area contributed by atoms with Gasteiger partial charge in [-0.15, -0.1) is 0 Å². The molecule has 0 amide bonds. The van der Waals surface area contributed by atoms with Crippen molar-refractivity contribution in [1.82, 2.24) is 14.5 Å². The van der Waals surface area contributed by atoms with Crippen molar-refractivity contribution in [3.05, 3.63) is 17.2 Å². The van der Waals surface area contributed by atoms with Crippen LogP contribution in [-0.2, 0) is 18.3 Å². The zero-order valence-corrected chi connectivity index (χ0v) is 13.5. The standard InChI is InChI=1S/C15H24ClN3O2/c1-15(20)5-7-21-10-11(15)12-4-3-6-19(12)9-14-17-8-13(16)18(14)2/h8,11-12,20H,3-7,9-10H2,1-2H3/t11-,12+,15+/m0/s1. The van der Waals surface area contributed by atoms with Gasteiger partial charge in [0.15, 0.2) is 0 Å². The molecule has 0 unspecified atom stereocenters. The van der Waals surface area contributed by atoms with Crippen LogP contribution in [0.4, 0.5) is 0 Å². The summed E-state index contributed by atoms with van der Waals surface area (Å²) in [6.45, 7) is 5.08. The number of halogens is 1. The maximum absolute atomic E-state index is 10.7. The summed E-state index contributed by atoms with van der Waals surface area (Å²) >= 11 is 6.07. The van der Waals surface area contributed by atoms with Gasteiger partial charge in [-0.2, -0.15) is 0 Å². The van der Waals surface area contributed by atoms with E-state index in [0.29, 0.717) is 24.4 Å². The highest BCUT2D eigenvalue weighted by Crippen LogP contribution is 2.36. The van der Waals surface area contributed by atoms with Crippen LogP contribution in [0.5, 0.6) is 0 Å². The number of nitrogens with zero attached hydrogens (tertiary/aromatic N) is 3. The van der Waals surface area contributed by atoms with Crippen molar-refractivity contribution in [3.8, 4) is 0 Å². The number of aliphatic hydroxyl groups is 1. The molecule has 118 valence electrons. The van der Waals surface area contributed by atoms with Crippen LogP contribution >= 0.6 is 11.6 Å². The van der Waals surface area contributed by atoms with Gasteiger partial charge in [0, 0.05) is 25.6 Å². The van der Waals surface area contributed by atoms with Crippen molar-refractivity contribution < 1.29 is 9.84 Å². The van der Waals surface area contributed by atoms with Crippen LogP contribution in [0.15, 0.2) is 6.20 Å². The monoisotopic (exact) mass is 313 g/mol. The molecule has 0 radical (unpaired) electrons. The molecule has 21 heavy (non-hydrogen) atoms. The summed E-state index contributed by atoms with van der Waals surface area (Å²) < 4.78 is 7.55. The SMILES string of the molecule is Cn1c(Cl)cnc1CN1CCC[C@@H]1[C@@H]1COCC[C@@]1(C)O. The molecule has 0 spiro atoms. The van der Waals surface area contributed by atoms with Crippen LogP contribution in [0.2, 0.25) is 5.15 Å². The van der Waals surface area contributed by atoms with Crippen LogP contribution in [0, 0.1) is 5.92 Å². The van der Waals surface area contributed by atoms with E-state index in [1.54, 1.807) is 6.20 Å². The Labute approximate surface area is 130 Å². The first kappa shape index (κ1) is 15.3. The van der Waals surface area contributed by atoms with Gasteiger partial charge in [-0.1, -0.05) is 11.6 Å². The molecule has 2 aliphatic rings. The normalized spacial score (nSPS) is 34.5. The Morgan fingerprint density at radius 2 is 2.38 bits per heavy atom. The minimum atomic E-state index is -0.634. The van der Waals surface area contributed by atoms with Crippen LogP contribution < -0.4 is 0 Å². The van der Waals surface area contributed by atoms with E-state index < -0.39 is 5.60 Å². The molecule has 5 nitrogen and oxygen atoms in total. The first-order valence-electron chi connectivity index (χ1n) is 7.69. The van der Waals surface area contributed by atoms with Crippen LogP contribution in [0.25, 0.3) is 0 Å². The van der Waals surface area contributed by atoms with Gasteiger partial charge in [0.1, 0.15) is 11.0 Å². The van der Waals surface area contributed by atoms with Crippen molar-refractivity contribution in [2.45, 2.75) is 44.4 Å². The predicted octanol–water partition coefficient (Wildman–Crippen LogP) is 1.83. The molecule has 3 atom stereocenters. The second-order valence-corrected chi connectivity index (χ2v) is 6.91. The van der Waals surface area contributed by atoms with Gasteiger partial charge >= 0.3 is 0 Å². The molecule has 6 heteroatoms. The number of likely N-dealkylation sites (tertiary alicyclic amines) is 1. The maximum Gasteiger partial charge on any atom is 0.128 e. The molecule has 1 aromatic heterocycles. The number of imidazole rings is 1. The number of hydrogen-bond donors (Lipinski definition) is 1. The van der Waals surface area contributed by atoms with E-state index in [1.807, 2.05) is 18.5 Å². The third kappa shape index (κ3) is 2.97. The zero-order valence-electron chi connectivity index (χ0n) is 12.8. The van der Waals surface area contributed by atoms with Crippen LogP contribution in [0.1, 0.15) is 32.0 Å². The van der Waals surface area contributed by atoms with Gasteiger partial charge in [-0.05, 0) is 32.7 Å². The Bertz CT molecular complexity index is 503. The van der Waals surface area contributed by atoms with Gasteiger partial charge in [0.25, 0.3) is 0 Å². The van der Waals surface area contributed by atoms with E-state index in [4.69, 9.17) is 16.3 Å². The summed E-state index contributed by atoms with van der Waals surface area (Å²) in [4.78, 5) is 6.81. The number of ether oxygens (including phenoxy) is 1. The number of rotatable bonds is 3. The van der Waals surface area contributed by atoms with Crippen molar-refractivity contribution >= 4 is 11.6 Å².